The van der Waals surface area contributed by atoms with Crippen LogP contribution in [0.15, 0.2) is 54.7 Å². The third kappa shape index (κ3) is 4.39. The van der Waals surface area contributed by atoms with E-state index in [1.54, 1.807) is 0 Å². The number of fused-ring (bicyclic) bond motifs is 1. The van der Waals surface area contributed by atoms with Crippen molar-refractivity contribution in [2.24, 2.45) is 0 Å². The zero-order chi connectivity index (χ0) is 21.9. The van der Waals surface area contributed by atoms with Gasteiger partial charge in [0, 0.05) is 31.2 Å². The maximum absolute atomic E-state index is 12.9. The van der Waals surface area contributed by atoms with Gasteiger partial charge in [0.25, 0.3) is 5.91 Å². The Kier molecular flexibility index (Phi) is 5.90. The highest BCUT2D eigenvalue weighted by Gasteiger charge is 2.17. The fraction of sp³-hybridized carbons (Fsp3) is 0.320. The minimum Gasteiger partial charge on any atom is -0.357 e. The molecule has 4 aromatic rings. The quantitative estimate of drug-likeness (QED) is 0.464. The normalized spacial score (nSPS) is 14.1. The van der Waals surface area contributed by atoms with E-state index in [1.165, 1.54) is 36.2 Å². The lowest BCUT2D eigenvalue weighted by atomic mass is 10.1. The molecule has 4 heterocycles. The maximum Gasteiger partial charge on any atom is 0.261 e. The van der Waals surface area contributed by atoms with Crippen molar-refractivity contribution in [3.8, 4) is 0 Å². The molecule has 0 radical (unpaired) electrons. The highest BCUT2D eigenvalue weighted by Crippen LogP contribution is 2.29. The van der Waals surface area contributed by atoms with E-state index in [1.807, 2.05) is 48.1 Å². The van der Waals surface area contributed by atoms with Gasteiger partial charge >= 0.3 is 0 Å². The highest BCUT2D eigenvalue weighted by atomic mass is 32.1. The van der Waals surface area contributed by atoms with E-state index in [4.69, 9.17) is 0 Å². The third-order valence-corrected chi connectivity index (χ3v) is 7.10. The molecule has 1 fully saturated rings. The van der Waals surface area contributed by atoms with Crippen molar-refractivity contribution in [3.63, 3.8) is 0 Å². The summed E-state index contributed by atoms with van der Waals surface area (Å²) in [5, 5.41) is 8.81. The van der Waals surface area contributed by atoms with Crippen molar-refractivity contribution >= 4 is 33.3 Å². The van der Waals surface area contributed by atoms with E-state index in [0.717, 1.165) is 40.4 Å². The van der Waals surface area contributed by atoms with Gasteiger partial charge in [-0.15, -0.1) is 11.3 Å². The van der Waals surface area contributed by atoms with Gasteiger partial charge in [-0.25, -0.2) is 4.98 Å². The van der Waals surface area contributed by atoms with E-state index in [0.29, 0.717) is 18.0 Å². The van der Waals surface area contributed by atoms with Crippen molar-refractivity contribution < 1.29 is 4.79 Å². The largest absolute Gasteiger partial charge is 0.357 e. The molecule has 7 heteroatoms. The zero-order valence-electron chi connectivity index (χ0n) is 18.3. The Morgan fingerprint density at radius 2 is 1.88 bits per heavy atom. The smallest absolute Gasteiger partial charge is 0.261 e. The first-order valence-corrected chi connectivity index (χ1v) is 12.0. The summed E-state index contributed by atoms with van der Waals surface area (Å²) < 4.78 is 2.00. The number of aromatic nitrogens is 3. The molecule has 1 amide bonds. The number of hydrogen-bond donors (Lipinski definition) is 1. The predicted molar refractivity (Wildman–Crippen MR) is 129 cm³/mol. The molecule has 0 unspecified atom stereocenters. The number of carbonyl (C=O) groups is 1. The fourth-order valence-corrected chi connectivity index (χ4v) is 5.30. The number of rotatable bonds is 6. The number of benzene rings is 1. The molecule has 1 saturated heterocycles. The van der Waals surface area contributed by atoms with Gasteiger partial charge in [0.2, 0.25) is 0 Å². The number of anilines is 1. The molecule has 5 rings (SSSR count). The maximum atomic E-state index is 12.9. The Bertz CT molecular complexity index is 1220. The van der Waals surface area contributed by atoms with Crippen molar-refractivity contribution in [2.75, 3.05) is 18.0 Å². The van der Waals surface area contributed by atoms with Crippen LogP contribution < -0.4 is 10.2 Å². The van der Waals surface area contributed by atoms with Gasteiger partial charge < -0.3 is 10.2 Å². The van der Waals surface area contributed by atoms with Crippen LogP contribution in [0.2, 0.25) is 0 Å². The second-order valence-electron chi connectivity index (χ2n) is 8.31. The molecule has 164 valence electrons. The molecule has 0 saturated carbocycles. The number of amides is 1. The van der Waals surface area contributed by atoms with Crippen LogP contribution in [0.25, 0.3) is 10.2 Å². The zero-order valence-corrected chi connectivity index (χ0v) is 19.1. The van der Waals surface area contributed by atoms with Crippen LogP contribution in [0.3, 0.4) is 0 Å². The van der Waals surface area contributed by atoms with Gasteiger partial charge in [0.05, 0.1) is 17.1 Å². The second-order valence-corrected chi connectivity index (χ2v) is 9.34. The summed E-state index contributed by atoms with van der Waals surface area (Å²) in [6, 6.07) is 16.3. The van der Waals surface area contributed by atoms with E-state index < -0.39 is 0 Å². The monoisotopic (exact) mass is 445 g/mol. The van der Waals surface area contributed by atoms with E-state index in [2.05, 4.69) is 38.5 Å². The summed E-state index contributed by atoms with van der Waals surface area (Å²) in [5.74, 6) is 0.961. The van der Waals surface area contributed by atoms with Crippen LogP contribution in [0.1, 0.15) is 45.8 Å². The molecule has 0 spiro atoms. The van der Waals surface area contributed by atoms with Crippen molar-refractivity contribution in [1.29, 1.82) is 0 Å². The van der Waals surface area contributed by atoms with Crippen LogP contribution in [-0.2, 0) is 13.1 Å². The van der Waals surface area contributed by atoms with Gasteiger partial charge in [0.15, 0.2) is 0 Å². The summed E-state index contributed by atoms with van der Waals surface area (Å²) in [6.45, 7) is 5.31. The van der Waals surface area contributed by atoms with Gasteiger partial charge in [-0.3, -0.25) is 9.48 Å². The molecular weight excluding hydrogens is 418 g/mol. The van der Waals surface area contributed by atoms with E-state index in [9.17, 15) is 4.79 Å². The predicted octanol–water partition coefficient (Wildman–Crippen LogP) is 4.77. The summed E-state index contributed by atoms with van der Waals surface area (Å²) in [5.41, 5.74) is 3.21. The van der Waals surface area contributed by atoms with Crippen LogP contribution in [-0.4, -0.2) is 33.8 Å². The number of hydrogen-bond acceptors (Lipinski definition) is 5. The molecule has 1 N–H and O–H groups in total. The third-order valence-electron chi connectivity index (χ3n) is 5.95. The molecule has 0 aliphatic carbocycles. The number of nitrogens with zero attached hydrogens (tertiary/aromatic N) is 4. The lowest BCUT2D eigenvalue weighted by Gasteiger charge is -2.27. The van der Waals surface area contributed by atoms with Crippen molar-refractivity contribution in [2.45, 2.75) is 39.3 Å². The van der Waals surface area contributed by atoms with Gasteiger partial charge in [0.1, 0.15) is 10.6 Å². The van der Waals surface area contributed by atoms with Crippen molar-refractivity contribution in [3.05, 3.63) is 76.4 Å². The van der Waals surface area contributed by atoms with Crippen LogP contribution in [0.5, 0.6) is 0 Å². The number of nitrogens with one attached hydrogen (secondary N) is 1. The first-order chi connectivity index (χ1) is 15.7. The molecule has 1 aliphatic rings. The number of carbonyl (C=O) groups excluding carboxylic acids is 1. The lowest BCUT2D eigenvalue weighted by molar-refractivity contribution is 0.0955. The van der Waals surface area contributed by atoms with Crippen LogP contribution >= 0.6 is 11.3 Å². The fourth-order valence-electron chi connectivity index (χ4n) is 4.22. The second kappa shape index (κ2) is 9.12. The van der Waals surface area contributed by atoms with Crippen LogP contribution in [0, 0.1) is 6.92 Å². The van der Waals surface area contributed by atoms with E-state index >= 15 is 0 Å². The molecular formula is C25H27N5OS. The minimum absolute atomic E-state index is 0.0480. The lowest BCUT2D eigenvalue weighted by Crippen LogP contribution is -2.30. The van der Waals surface area contributed by atoms with Crippen LogP contribution in [0.4, 0.5) is 5.82 Å². The average Bonchev–Trinajstić information content (AvgIpc) is 3.40. The number of pyridine rings is 1. The molecule has 1 aromatic carbocycles. The van der Waals surface area contributed by atoms with E-state index in [-0.39, 0.29) is 5.91 Å². The Labute approximate surface area is 191 Å². The topological polar surface area (TPSA) is 63.1 Å². The minimum atomic E-state index is -0.0480. The Hall–Kier alpha value is -3.19. The molecule has 32 heavy (non-hydrogen) atoms. The molecule has 1 aliphatic heterocycles. The standard InChI is InChI=1S/C25H27N5OS/c1-18-21-15-22(32-25(21)30(28-18)17-19-8-4-2-5-9-19)24(31)27-16-20-10-11-26-23(14-20)29-12-6-3-7-13-29/h2,4-5,8-11,14-15H,3,6-7,12-13,16-17H2,1H3,(H,27,31). The first-order valence-electron chi connectivity index (χ1n) is 11.2. The summed E-state index contributed by atoms with van der Waals surface area (Å²) in [7, 11) is 0. The summed E-state index contributed by atoms with van der Waals surface area (Å²) in [6.07, 6.45) is 5.57. The molecule has 3 aromatic heterocycles. The molecule has 0 bridgehead atoms. The van der Waals surface area contributed by atoms with Crippen molar-refractivity contribution in [1.82, 2.24) is 20.1 Å². The Morgan fingerprint density at radius 1 is 1.06 bits per heavy atom. The number of aryl methyl sites for hydroxylation is 1. The number of piperidine rings is 1. The van der Waals surface area contributed by atoms with Gasteiger partial charge in [-0.2, -0.15) is 5.10 Å². The summed E-state index contributed by atoms with van der Waals surface area (Å²) in [4.78, 5) is 21.5. The number of thiophene rings is 1. The molecule has 6 nitrogen and oxygen atoms in total. The average molecular weight is 446 g/mol. The Morgan fingerprint density at radius 3 is 2.69 bits per heavy atom. The summed E-state index contributed by atoms with van der Waals surface area (Å²) >= 11 is 1.50. The van der Waals surface area contributed by atoms with Gasteiger partial charge in [-0.1, -0.05) is 30.3 Å². The SMILES string of the molecule is Cc1nn(Cc2ccccc2)c2sc(C(=O)NCc3ccnc(N4CCCCC4)c3)cc12. The molecule has 0 atom stereocenters. The van der Waals surface area contributed by atoms with Gasteiger partial charge in [-0.05, 0) is 55.5 Å². The first kappa shape index (κ1) is 20.7. The highest BCUT2D eigenvalue weighted by molar-refractivity contribution is 7.20. The Balaban J connectivity index is 1.29.